The lowest BCUT2D eigenvalue weighted by molar-refractivity contribution is -0.118. The third kappa shape index (κ3) is 4.82. The predicted octanol–water partition coefficient (Wildman–Crippen LogP) is 5.33. The maximum atomic E-state index is 12.4. The average molecular weight is 413 g/mol. The maximum absolute atomic E-state index is 12.4. The van der Waals surface area contributed by atoms with Gasteiger partial charge in [-0.25, -0.2) is 4.79 Å². The van der Waals surface area contributed by atoms with Crippen LogP contribution in [0.5, 0.6) is 5.75 Å². The van der Waals surface area contributed by atoms with Gasteiger partial charge in [-0.05, 0) is 47.0 Å². The molecule has 0 aliphatic heterocycles. The molecule has 6 heteroatoms. The second-order valence-electron chi connectivity index (χ2n) is 6.81. The van der Waals surface area contributed by atoms with Crippen LogP contribution < -0.4 is 10.1 Å². The number of anilines is 1. The number of amides is 1. The topological polar surface area (TPSA) is 88.8 Å². The van der Waals surface area contributed by atoms with Gasteiger partial charge < -0.3 is 19.6 Å². The van der Waals surface area contributed by atoms with E-state index in [1.54, 1.807) is 42.9 Å². The van der Waals surface area contributed by atoms with Crippen molar-refractivity contribution in [2.45, 2.75) is 0 Å². The number of nitrogens with one attached hydrogen (secondary N) is 1. The Morgan fingerprint density at radius 3 is 2.35 bits per heavy atom. The van der Waals surface area contributed by atoms with Crippen LogP contribution in [0.2, 0.25) is 0 Å². The minimum absolute atomic E-state index is 0.0108. The van der Waals surface area contributed by atoms with Gasteiger partial charge >= 0.3 is 5.97 Å². The first-order valence-corrected chi connectivity index (χ1v) is 9.58. The number of ether oxygens (including phenoxy) is 1. The smallest absolute Gasteiger partial charge is 0.337 e. The zero-order valence-corrected chi connectivity index (χ0v) is 16.4. The summed E-state index contributed by atoms with van der Waals surface area (Å²) in [6.07, 6.45) is 3.21. The summed E-state index contributed by atoms with van der Waals surface area (Å²) in [7, 11) is 0. The van der Waals surface area contributed by atoms with E-state index in [2.05, 4.69) is 5.32 Å². The van der Waals surface area contributed by atoms with Gasteiger partial charge in [0.2, 0.25) is 0 Å². The van der Waals surface area contributed by atoms with Gasteiger partial charge in [0.1, 0.15) is 5.75 Å². The van der Waals surface area contributed by atoms with Crippen molar-refractivity contribution in [3.8, 4) is 28.0 Å². The second kappa shape index (κ2) is 9.00. The fraction of sp³-hybridized carbons (Fsp3) is 0.0400. The second-order valence-corrected chi connectivity index (χ2v) is 6.81. The molecule has 6 nitrogen and oxygen atoms in total. The Hall–Kier alpha value is -4.32. The first-order valence-electron chi connectivity index (χ1n) is 9.58. The van der Waals surface area contributed by atoms with Crippen molar-refractivity contribution in [1.29, 1.82) is 0 Å². The summed E-state index contributed by atoms with van der Waals surface area (Å²) in [6.45, 7) is -0.256. The van der Waals surface area contributed by atoms with Gasteiger partial charge in [0.25, 0.3) is 5.91 Å². The van der Waals surface area contributed by atoms with Crippen molar-refractivity contribution < 1.29 is 23.8 Å². The fourth-order valence-corrected chi connectivity index (χ4v) is 3.17. The lowest BCUT2D eigenvalue weighted by Gasteiger charge is -2.12. The number of carboxylic acid groups (broad SMARTS) is 1. The van der Waals surface area contributed by atoms with Crippen molar-refractivity contribution >= 4 is 17.6 Å². The van der Waals surface area contributed by atoms with Crippen LogP contribution in [0, 0.1) is 0 Å². The molecule has 0 bridgehead atoms. The highest BCUT2D eigenvalue weighted by atomic mass is 16.5. The molecule has 0 aliphatic carbocycles. The molecule has 4 rings (SSSR count). The van der Waals surface area contributed by atoms with Gasteiger partial charge in [-0.1, -0.05) is 48.5 Å². The molecule has 0 fully saturated rings. The minimum Gasteiger partial charge on any atom is -0.484 e. The molecule has 0 spiro atoms. The number of carbonyl (C=O) groups is 2. The van der Waals surface area contributed by atoms with E-state index >= 15 is 0 Å². The number of hydrogen-bond donors (Lipinski definition) is 2. The lowest BCUT2D eigenvalue weighted by Crippen LogP contribution is -2.21. The average Bonchev–Trinajstić information content (AvgIpc) is 3.34. The monoisotopic (exact) mass is 413 g/mol. The molecule has 1 amide bonds. The van der Waals surface area contributed by atoms with E-state index < -0.39 is 11.9 Å². The van der Waals surface area contributed by atoms with Crippen LogP contribution in [0.3, 0.4) is 0 Å². The molecule has 0 radical (unpaired) electrons. The van der Waals surface area contributed by atoms with Crippen molar-refractivity contribution in [2.24, 2.45) is 0 Å². The van der Waals surface area contributed by atoms with Gasteiger partial charge in [-0.15, -0.1) is 0 Å². The highest BCUT2D eigenvalue weighted by molar-refractivity contribution is 6.02. The molecule has 2 N–H and O–H groups in total. The number of aromatic carboxylic acids is 1. The minimum atomic E-state index is -1.12. The van der Waals surface area contributed by atoms with Crippen LogP contribution in [0.1, 0.15) is 10.4 Å². The quantitative estimate of drug-likeness (QED) is 0.428. The van der Waals surface area contributed by atoms with E-state index in [0.717, 1.165) is 22.3 Å². The number of rotatable bonds is 7. The summed E-state index contributed by atoms with van der Waals surface area (Å²) >= 11 is 0. The summed E-state index contributed by atoms with van der Waals surface area (Å²) in [5.41, 5.74) is 3.67. The number of carbonyl (C=O) groups excluding carboxylic acids is 1. The predicted molar refractivity (Wildman–Crippen MR) is 117 cm³/mol. The molecular weight excluding hydrogens is 394 g/mol. The van der Waals surface area contributed by atoms with Crippen LogP contribution in [0.15, 0.2) is 95.8 Å². The Kier molecular flexibility index (Phi) is 5.80. The molecule has 0 saturated carbocycles. The largest absolute Gasteiger partial charge is 0.484 e. The highest BCUT2D eigenvalue weighted by Crippen LogP contribution is 2.26. The molecule has 0 aliphatic rings. The molecule has 4 aromatic rings. The van der Waals surface area contributed by atoms with Crippen LogP contribution >= 0.6 is 0 Å². The van der Waals surface area contributed by atoms with Gasteiger partial charge in [-0.3, -0.25) is 4.79 Å². The SMILES string of the molecule is O=C(COc1cccc(-c2ccoc2)c1)Nc1ccc(-c2ccccc2)cc1C(=O)O. The number of benzene rings is 3. The molecule has 154 valence electrons. The van der Waals surface area contributed by atoms with Crippen molar-refractivity contribution in [3.63, 3.8) is 0 Å². The summed E-state index contributed by atoms with van der Waals surface area (Å²) in [6, 6.07) is 23.4. The molecule has 1 aromatic heterocycles. The Morgan fingerprint density at radius 2 is 1.61 bits per heavy atom. The van der Waals surface area contributed by atoms with Gasteiger partial charge in [0.15, 0.2) is 6.61 Å². The lowest BCUT2D eigenvalue weighted by atomic mass is 10.0. The Morgan fingerprint density at radius 1 is 0.839 bits per heavy atom. The normalized spacial score (nSPS) is 10.5. The van der Waals surface area contributed by atoms with E-state index in [-0.39, 0.29) is 17.9 Å². The van der Waals surface area contributed by atoms with Crippen LogP contribution in [0.4, 0.5) is 5.69 Å². The van der Waals surface area contributed by atoms with Crippen LogP contribution in [-0.4, -0.2) is 23.6 Å². The van der Waals surface area contributed by atoms with E-state index in [1.807, 2.05) is 48.5 Å². The molecule has 0 atom stereocenters. The molecule has 0 unspecified atom stereocenters. The highest BCUT2D eigenvalue weighted by Gasteiger charge is 2.15. The number of furan rings is 1. The Bertz CT molecular complexity index is 1200. The number of hydrogen-bond acceptors (Lipinski definition) is 4. The van der Waals surface area contributed by atoms with Gasteiger partial charge in [-0.2, -0.15) is 0 Å². The van der Waals surface area contributed by atoms with Crippen LogP contribution in [0.25, 0.3) is 22.3 Å². The molecular formula is C25H19NO5. The Labute approximate surface area is 178 Å². The molecule has 0 saturated heterocycles. The Balaban J connectivity index is 1.45. The third-order valence-corrected chi connectivity index (χ3v) is 4.69. The molecule has 31 heavy (non-hydrogen) atoms. The van der Waals surface area contributed by atoms with Crippen molar-refractivity contribution in [1.82, 2.24) is 0 Å². The first kappa shape index (κ1) is 20.0. The number of carboxylic acids is 1. The van der Waals surface area contributed by atoms with Gasteiger partial charge in [0, 0.05) is 5.56 Å². The van der Waals surface area contributed by atoms with Crippen LogP contribution in [-0.2, 0) is 4.79 Å². The maximum Gasteiger partial charge on any atom is 0.337 e. The zero-order chi connectivity index (χ0) is 21.6. The van der Waals surface area contributed by atoms with E-state index in [4.69, 9.17) is 9.15 Å². The summed E-state index contributed by atoms with van der Waals surface area (Å²) in [4.78, 5) is 24.1. The summed E-state index contributed by atoms with van der Waals surface area (Å²) in [5, 5.41) is 12.2. The van der Waals surface area contributed by atoms with Crippen molar-refractivity contribution in [2.75, 3.05) is 11.9 Å². The van der Waals surface area contributed by atoms with Crippen molar-refractivity contribution in [3.05, 3.63) is 97.0 Å². The van der Waals surface area contributed by atoms with E-state index in [0.29, 0.717) is 5.75 Å². The summed E-state index contributed by atoms with van der Waals surface area (Å²) in [5.74, 6) is -1.06. The van der Waals surface area contributed by atoms with Gasteiger partial charge in [0.05, 0.1) is 23.8 Å². The van der Waals surface area contributed by atoms with E-state index in [9.17, 15) is 14.7 Å². The first-order chi connectivity index (χ1) is 15.1. The standard InChI is InChI=1S/C25H19NO5/c27-24(16-31-21-8-4-7-18(13-21)20-11-12-30-15-20)26-23-10-9-19(14-22(23)25(28)29)17-5-2-1-3-6-17/h1-15H,16H2,(H,26,27)(H,28,29). The summed E-state index contributed by atoms with van der Waals surface area (Å²) < 4.78 is 10.7. The third-order valence-electron chi connectivity index (χ3n) is 4.69. The fourth-order valence-electron chi connectivity index (χ4n) is 3.17. The van der Waals surface area contributed by atoms with E-state index in [1.165, 1.54) is 0 Å². The zero-order valence-electron chi connectivity index (χ0n) is 16.4. The molecule has 1 heterocycles. The molecule has 3 aromatic carbocycles.